The minimum absolute atomic E-state index is 0.125. The molecule has 0 spiro atoms. The number of fused-ring (bicyclic) bond motifs is 1. The van der Waals surface area contributed by atoms with Gasteiger partial charge in [-0.05, 0) is 50.8 Å². The van der Waals surface area contributed by atoms with Crippen molar-refractivity contribution >= 4 is 23.4 Å². The number of rotatable bonds is 5. The van der Waals surface area contributed by atoms with Gasteiger partial charge in [0.25, 0.3) is 5.91 Å². The van der Waals surface area contributed by atoms with Crippen molar-refractivity contribution in [1.82, 2.24) is 4.90 Å². The molecule has 2 N–H and O–H groups in total. The minimum Gasteiger partial charge on any atom is -0.449 e. The third kappa shape index (κ3) is 4.00. The Morgan fingerprint density at radius 1 is 1.16 bits per heavy atom. The van der Waals surface area contributed by atoms with Crippen LogP contribution < -0.4 is 15.4 Å². The lowest BCUT2D eigenvalue weighted by Gasteiger charge is -2.31. The highest BCUT2D eigenvalue weighted by Gasteiger charge is 2.30. The Morgan fingerprint density at radius 3 is 2.64 bits per heavy atom. The van der Waals surface area contributed by atoms with Crippen molar-refractivity contribution in [3.8, 4) is 5.75 Å². The highest BCUT2D eigenvalue weighted by molar-refractivity contribution is 6.10. The number of ether oxygens (including phenoxy) is 1. The molecular formula is C20H23N3O2. The molecule has 0 radical (unpaired) electrons. The van der Waals surface area contributed by atoms with E-state index in [1.807, 2.05) is 50.5 Å². The molecule has 0 saturated carbocycles. The fraction of sp³-hybridized carbons (Fsp3) is 0.250. The van der Waals surface area contributed by atoms with E-state index in [4.69, 9.17) is 10.5 Å². The number of anilines is 2. The summed E-state index contributed by atoms with van der Waals surface area (Å²) < 4.78 is 5.87. The van der Waals surface area contributed by atoms with Crippen molar-refractivity contribution in [2.45, 2.75) is 6.42 Å². The summed E-state index contributed by atoms with van der Waals surface area (Å²) in [6, 6.07) is 15.1. The van der Waals surface area contributed by atoms with Crippen LogP contribution in [0.4, 0.5) is 11.4 Å². The lowest BCUT2D eigenvalue weighted by atomic mass is 10.1. The minimum atomic E-state index is -0.125. The molecule has 1 aliphatic rings. The number of carbonyl (C=O) groups excluding carboxylic acids is 1. The van der Waals surface area contributed by atoms with Gasteiger partial charge in [0, 0.05) is 18.3 Å². The lowest BCUT2D eigenvalue weighted by Crippen LogP contribution is -2.38. The highest BCUT2D eigenvalue weighted by atomic mass is 16.5. The first-order chi connectivity index (χ1) is 12.0. The summed E-state index contributed by atoms with van der Waals surface area (Å²) in [6.07, 6.45) is 2.65. The Labute approximate surface area is 148 Å². The summed E-state index contributed by atoms with van der Waals surface area (Å²) in [6.45, 7) is 1.54. The van der Waals surface area contributed by atoms with Gasteiger partial charge < -0.3 is 20.3 Å². The van der Waals surface area contributed by atoms with Gasteiger partial charge in [0.05, 0.1) is 5.69 Å². The molecule has 3 rings (SSSR count). The summed E-state index contributed by atoms with van der Waals surface area (Å²) >= 11 is 0. The molecule has 0 bridgehead atoms. The number of nitrogen functional groups attached to an aromatic ring is 1. The van der Waals surface area contributed by atoms with Crippen LogP contribution >= 0.6 is 0 Å². The first kappa shape index (κ1) is 17.0. The monoisotopic (exact) mass is 337 g/mol. The summed E-state index contributed by atoms with van der Waals surface area (Å²) in [5.41, 5.74) is 8.19. The number of amides is 1. The number of benzene rings is 2. The Balaban J connectivity index is 1.93. The zero-order valence-corrected chi connectivity index (χ0v) is 14.6. The van der Waals surface area contributed by atoms with Crippen molar-refractivity contribution in [2.75, 3.05) is 37.8 Å². The summed E-state index contributed by atoms with van der Waals surface area (Å²) in [5.74, 6) is 0.806. The van der Waals surface area contributed by atoms with Crippen LogP contribution in [0.2, 0.25) is 0 Å². The zero-order chi connectivity index (χ0) is 17.8. The predicted octanol–water partition coefficient (Wildman–Crippen LogP) is 2.99. The van der Waals surface area contributed by atoms with Gasteiger partial charge in [0.1, 0.15) is 0 Å². The Kier molecular flexibility index (Phi) is 5.05. The Morgan fingerprint density at radius 2 is 1.92 bits per heavy atom. The van der Waals surface area contributed by atoms with Crippen molar-refractivity contribution in [3.05, 3.63) is 59.9 Å². The molecule has 0 fully saturated rings. The van der Waals surface area contributed by atoms with Gasteiger partial charge in [-0.2, -0.15) is 0 Å². The molecule has 0 unspecified atom stereocenters. The van der Waals surface area contributed by atoms with Gasteiger partial charge in [0.2, 0.25) is 0 Å². The maximum Gasteiger partial charge on any atom is 0.294 e. The molecule has 5 heteroatoms. The Hall–Kier alpha value is -2.79. The van der Waals surface area contributed by atoms with Gasteiger partial charge in [-0.15, -0.1) is 0 Å². The van der Waals surface area contributed by atoms with Gasteiger partial charge in [0.15, 0.2) is 11.5 Å². The molecule has 25 heavy (non-hydrogen) atoms. The molecule has 0 aliphatic carbocycles. The second-order valence-electron chi connectivity index (χ2n) is 6.36. The van der Waals surface area contributed by atoms with Crippen LogP contribution in [0.25, 0.3) is 6.08 Å². The third-order valence-electron chi connectivity index (χ3n) is 4.03. The molecule has 0 aromatic heterocycles. The normalized spacial score (nSPS) is 15.4. The van der Waals surface area contributed by atoms with Gasteiger partial charge >= 0.3 is 0 Å². The van der Waals surface area contributed by atoms with Crippen LogP contribution in [0.15, 0.2) is 54.3 Å². The van der Waals surface area contributed by atoms with E-state index in [0.717, 1.165) is 24.2 Å². The van der Waals surface area contributed by atoms with E-state index in [-0.39, 0.29) is 5.91 Å². The molecule has 130 valence electrons. The summed E-state index contributed by atoms with van der Waals surface area (Å²) in [5, 5.41) is 0. The molecule has 5 nitrogen and oxygen atoms in total. The van der Waals surface area contributed by atoms with Gasteiger partial charge in [-0.1, -0.05) is 30.3 Å². The number of hydrogen-bond donors (Lipinski definition) is 1. The summed E-state index contributed by atoms with van der Waals surface area (Å²) in [4.78, 5) is 16.8. The van der Waals surface area contributed by atoms with E-state index in [1.54, 1.807) is 23.1 Å². The van der Waals surface area contributed by atoms with Crippen LogP contribution in [0.3, 0.4) is 0 Å². The van der Waals surface area contributed by atoms with Crippen molar-refractivity contribution in [2.24, 2.45) is 0 Å². The van der Waals surface area contributed by atoms with Crippen LogP contribution in [-0.2, 0) is 4.79 Å². The largest absolute Gasteiger partial charge is 0.449 e. The maximum absolute atomic E-state index is 12.9. The van der Waals surface area contributed by atoms with Crippen molar-refractivity contribution in [1.29, 1.82) is 0 Å². The Bertz CT molecular complexity index is 785. The smallest absolute Gasteiger partial charge is 0.294 e. The molecule has 2 aromatic carbocycles. The van der Waals surface area contributed by atoms with E-state index in [0.29, 0.717) is 23.7 Å². The van der Waals surface area contributed by atoms with E-state index < -0.39 is 0 Å². The van der Waals surface area contributed by atoms with Crippen LogP contribution in [0.1, 0.15) is 12.0 Å². The number of nitrogens with two attached hydrogens (primary N) is 1. The quantitative estimate of drug-likeness (QED) is 0.673. The zero-order valence-electron chi connectivity index (χ0n) is 14.6. The molecular weight excluding hydrogens is 314 g/mol. The molecule has 2 aromatic rings. The molecule has 1 amide bonds. The second-order valence-corrected chi connectivity index (χ2v) is 6.36. The average molecular weight is 337 g/mol. The van der Waals surface area contributed by atoms with E-state index in [1.165, 1.54) is 0 Å². The van der Waals surface area contributed by atoms with E-state index >= 15 is 0 Å². The topological polar surface area (TPSA) is 58.8 Å². The van der Waals surface area contributed by atoms with E-state index in [2.05, 4.69) is 4.90 Å². The van der Waals surface area contributed by atoms with Gasteiger partial charge in [-0.3, -0.25) is 4.79 Å². The standard InChI is InChI=1S/C20H23N3O2/c1-22(2)11-6-12-23-17-10-9-16(21)14-18(17)25-19(20(23)24)13-15-7-4-3-5-8-15/h3-5,7-10,13-14H,6,11-12,21H2,1-2H3/b19-13+. The van der Waals surface area contributed by atoms with Crippen LogP contribution in [0, 0.1) is 0 Å². The number of hydrogen-bond acceptors (Lipinski definition) is 4. The molecule has 0 atom stereocenters. The number of carbonyl (C=O) groups is 1. The predicted molar refractivity (Wildman–Crippen MR) is 101 cm³/mol. The average Bonchev–Trinajstić information content (AvgIpc) is 2.58. The van der Waals surface area contributed by atoms with Crippen LogP contribution in [-0.4, -0.2) is 38.0 Å². The first-order valence-corrected chi connectivity index (χ1v) is 8.35. The lowest BCUT2D eigenvalue weighted by molar-refractivity contribution is -0.117. The van der Waals surface area contributed by atoms with Crippen molar-refractivity contribution in [3.63, 3.8) is 0 Å². The fourth-order valence-corrected chi connectivity index (χ4v) is 2.80. The number of nitrogens with zero attached hydrogens (tertiary/aromatic N) is 2. The fourth-order valence-electron chi connectivity index (χ4n) is 2.80. The first-order valence-electron chi connectivity index (χ1n) is 8.35. The third-order valence-corrected chi connectivity index (χ3v) is 4.03. The highest BCUT2D eigenvalue weighted by Crippen LogP contribution is 2.37. The SMILES string of the molecule is CN(C)CCCN1C(=O)/C(=C\c2ccccc2)Oc2cc(N)ccc21. The maximum atomic E-state index is 12.9. The van der Waals surface area contributed by atoms with Gasteiger partial charge in [-0.25, -0.2) is 0 Å². The second kappa shape index (κ2) is 7.40. The van der Waals surface area contributed by atoms with Crippen molar-refractivity contribution < 1.29 is 9.53 Å². The summed E-state index contributed by atoms with van der Waals surface area (Å²) in [7, 11) is 4.05. The molecule has 1 heterocycles. The molecule has 1 aliphatic heterocycles. The van der Waals surface area contributed by atoms with Crippen LogP contribution in [0.5, 0.6) is 5.75 Å². The molecule has 0 saturated heterocycles. The van der Waals surface area contributed by atoms with E-state index in [9.17, 15) is 4.79 Å².